The Morgan fingerprint density at radius 1 is 1.09 bits per heavy atom. The summed E-state index contributed by atoms with van der Waals surface area (Å²) in [6.45, 7) is 0.409. The summed E-state index contributed by atoms with van der Waals surface area (Å²) in [6, 6.07) is 10.8. The van der Waals surface area contributed by atoms with E-state index in [0.29, 0.717) is 34.9 Å². The molecule has 0 aliphatic carbocycles. The molecule has 4 heterocycles. The second-order valence-corrected chi connectivity index (χ2v) is 13.8. The summed E-state index contributed by atoms with van der Waals surface area (Å²) in [4.78, 5) is 6.24. The van der Waals surface area contributed by atoms with Crippen molar-refractivity contribution in [3.63, 3.8) is 0 Å². The van der Waals surface area contributed by atoms with Crippen LogP contribution in [0.4, 0.5) is 18.3 Å². The zero-order valence-electron chi connectivity index (χ0n) is 25.3. The molecular weight excluding hydrogens is 645 g/mol. The summed E-state index contributed by atoms with van der Waals surface area (Å²) in [5.41, 5.74) is 2.00. The Balaban J connectivity index is 1.34. The fourth-order valence-corrected chi connectivity index (χ4v) is 8.45. The Morgan fingerprint density at radius 2 is 1.91 bits per heavy atom. The number of benzene rings is 2. The van der Waals surface area contributed by atoms with Gasteiger partial charge in [0.2, 0.25) is 5.13 Å². The van der Waals surface area contributed by atoms with Gasteiger partial charge in [-0.05, 0) is 37.1 Å². The van der Waals surface area contributed by atoms with Crippen molar-refractivity contribution in [2.24, 2.45) is 13.0 Å². The van der Waals surface area contributed by atoms with Gasteiger partial charge in [-0.25, -0.2) is 17.7 Å². The molecule has 2 aromatic heterocycles. The van der Waals surface area contributed by atoms with Crippen LogP contribution >= 0.6 is 11.5 Å². The molecular formula is C30H33F3N6O5S2. The van der Waals surface area contributed by atoms with Gasteiger partial charge < -0.3 is 14.2 Å². The van der Waals surface area contributed by atoms with E-state index in [9.17, 15) is 21.6 Å². The average molecular weight is 679 g/mol. The lowest BCUT2D eigenvalue weighted by Crippen LogP contribution is -2.44. The molecule has 46 heavy (non-hydrogen) atoms. The highest BCUT2D eigenvalue weighted by atomic mass is 32.2. The molecule has 3 atom stereocenters. The van der Waals surface area contributed by atoms with Gasteiger partial charge in [0, 0.05) is 67.0 Å². The monoisotopic (exact) mass is 678 g/mol. The largest absolute Gasteiger partial charge is 0.497 e. The number of piperidine rings is 1. The van der Waals surface area contributed by atoms with Crippen molar-refractivity contribution < 1.29 is 35.8 Å². The molecule has 0 amide bonds. The van der Waals surface area contributed by atoms with Gasteiger partial charge in [0.05, 0.1) is 49.9 Å². The number of aryl methyl sites for hydroxylation is 1. The van der Waals surface area contributed by atoms with E-state index in [-0.39, 0.29) is 48.6 Å². The van der Waals surface area contributed by atoms with Gasteiger partial charge in [0.15, 0.2) is 0 Å². The Hall–Kier alpha value is -3.89. The van der Waals surface area contributed by atoms with Crippen molar-refractivity contribution >= 4 is 26.7 Å². The number of methoxy groups -OCH3 is 2. The number of nitrogens with zero attached hydrogens (tertiary/aromatic N) is 6. The molecule has 0 spiro atoms. The van der Waals surface area contributed by atoms with Crippen LogP contribution in [0.3, 0.4) is 0 Å². The molecule has 0 N–H and O–H groups in total. The predicted molar refractivity (Wildman–Crippen MR) is 164 cm³/mol. The first kappa shape index (κ1) is 32.1. The van der Waals surface area contributed by atoms with E-state index in [0.717, 1.165) is 21.4 Å². The highest BCUT2D eigenvalue weighted by Gasteiger charge is 2.47. The van der Waals surface area contributed by atoms with Crippen LogP contribution in [0.25, 0.3) is 0 Å². The molecule has 1 unspecified atom stereocenters. The maximum Gasteiger partial charge on any atom is 0.391 e. The fraction of sp³-hybridized carbons (Fsp3) is 0.433. The molecule has 16 heteroatoms. The smallest absolute Gasteiger partial charge is 0.391 e. The molecule has 11 nitrogen and oxygen atoms in total. The number of halogens is 3. The van der Waals surface area contributed by atoms with Crippen molar-refractivity contribution in [3.05, 3.63) is 71.8 Å². The van der Waals surface area contributed by atoms with Crippen molar-refractivity contribution in [2.75, 3.05) is 31.7 Å². The topological polar surface area (TPSA) is 112 Å². The van der Waals surface area contributed by atoms with E-state index >= 15 is 0 Å². The van der Waals surface area contributed by atoms with Crippen LogP contribution in [0.2, 0.25) is 0 Å². The van der Waals surface area contributed by atoms with Crippen LogP contribution in [0.5, 0.6) is 17.2 Å². The molecule has 2 aliphatic heterocycles. The van der Waals surface area contributed by atoms with E-state index in [2.05, 4.69) is 19.4 Å². The standard InChI is InChI=1S/C30H33F3N6O5S2/c1-37-25(8-11-35-37)26-14-20(30(31,32)33)9-12-38(26)24-10-13-44-28-16-22(6-7-23(24)28)46(40,41)39(29-34-18-36-45-29)17-19-4-5-21(42-2)15-27(19)43-3/h4-8,11,15-16,18,20,24,26H,9-10,12-14,17H2,1-3H3/t20-,24?,26+/m1/s1. The van der Waals surface area contributed by atoms with Gasteiger partial charge in [0.1, 0.15) is 23.6 Å². The molecule has 6 rings (SSSR count). The van der Waals surface area contributed by atoms with E-state index < -0.39 is 28.2 Å². The molecule has 0 bridgehead atoms. The molecule has 0 radical (unpaired) electrons. The molecule has 0 saturated carbocycles. The van der Waals surface area contributed by atoms with Gasteiger partial charge in [-0.2, -0.15) is 22.6 Å². The maximum atomic E-state index is 14.2. The van der Waals surface area contributed by atoms with Crippen LogP contribution in [0.15, 0.2) is 59.9 Å². The Labute approximate surface area is 268 Å². The number of alkyl halides is 3. The Bertz CT molecular complexity index is 1780. The number of sulfonamides is 1. The summed E-state index contributed by atoms with van der Waals surface area (Å²) in [6.07, 6.45) is -0.997. The van der Waals surface area contributed by atoms with Gasteiger partial charge in [-0.15, -0.1) is 0 Å². The predicted octanol–water partition coefficient (Wildman–Crippen LogP) is 5.52. The zero-order chi connectivity index (χ0) is 32.6. The van der Waals surface area contributed by atoms with Crippen LogP contribution < -0.4 is 18.5 Å². The Morgan fingerprint density at radius 3 is 2.59 bits per heavy atom. The van der Waals surface area contributed by atoms with E-state index in [1.54, 1.807) is 48.3 Å². The first-order chi connectivity index (χ1) is 22.0. The number of anilines is 1. The van der Waals surface area contributed by atoms with Crippen LogP contribution in [-0.4, -0.2) is 66.0 Å². The van der Waals surface area contributed by atoms with E-state index in [1.165, 1.54) is 32.7 Å². The minimum atomic E-state index is -4.30. The SMILES string of the molecule is COc1ccc(CN(c2ncns2)S(=O)(=O)c2ccc3c(c2)OCCC3N2CC[C@@H](C(F)(F)F)C[C@H]2c2ccnn2C)c(OC)c1. The lowest BCUT2D eigenvalue weighted by molar-refractivity contribution is -0.192. The first-order valence-electron chi connectivity index (χ1n) is 14.6. The van der Waals surface area contributed by atoms with Crippen molar-refractivity contribution in [2.45, 2.75) is 49.0 Å². The number of fused-ring (bicyclic) bond motifs is 1. The second kappa shape index (κ2) is 12.7. The van der Waals surface area contributed by atoms with Crippen LogP contribution in [-0.2, 0) is 23.6 Å². The highest BCUT2D eigenvalue weighted by Crippen LogP contribution is 2.48. The lowest BCUT2D eigenvalue weighted by atomic mass is 9.85. The van der Waals surface area contributed by atoms with Crippen LogP contribution in [0, 0.1) is 5.92 Å². The van der Waals surface area contributed by atoms with Crippen molar-refractivity contribution in [1.29, 1.82) is 0 Å². The fourth-order valence-electron chi connectivity index (χ4n) is 6.31. The number of ether oxygens (including phenoxy) is 3. The highest BCUT2D eigenvalue weighted by molar-refractivity contribution is 7.93. The first-order valence-corrected chi connectivity index (χ1v) is 16.8. The molecule has 4 aromatic rings. The Kier molecular flexibility index (Phi) is 8.87. The third kappa shape index (κ3) is 6.12. The van der Waals surface area contributed by atoms with Crippen molar-refractivity contribution in [3.8, 4) is 17.2 Å². The number of aromatic nitrogens is 4. The number of hydrogen-bond donors (Lipinski definition) is 0. The molecule has 246 valence electrons. The lowest BCUT2D eigenvalue weighted by Gasteiger charge is -2.45. The van der Waals surface area contributed by atoms with Gasteiger partial charge in [-0.3, -0.25) is 9.58 Å². The van der Waals surface area contributed by atoms with Crippen molar-refractivity contribution in [1.82, 2.24) is 24.0 Å². The normalized spacial score (nSPS) is 20.5. The molecule has 1 fully saturated rings. The van der Waals surface area contributed by atoms with E-state index in [1.807, 2.05) is 0 Å². The minimum Gasteiger partial charge on any atom is -0.497 e. The quantitative estimate of drug-likeness (QED) is 0.226. The van der Waals surface area contributed by atoms with Gasteiger partial charge in [-0.1, -0.05) is 6.07 Å². The average Bonchev–Trinajstić information content (AvgIpc) is 3.74. The summed E-state index contributed by atoms with van der Waals surface area (Å²) in [5.74, 6) is -0.0528. The van der Waals surface area contributed by atoms with E-state index in [4.69, 9.17) is 14.2 Å². The summed E-state index contributed by atoms with van der Waals surface area (Å²) < 4.78 is 93.6. The van der Waals surface area contributed by atoms with Gasteiger partial charge in [0.25, 0.3) is 10.0 Å². The van der Waals surface area contributed by atoms with Gasteiger partial charge >= 0.3 is 6.18 Å². The zero-order valence-corrected chi connectivity index (χ0v) is 27.0. The molecule has 1 saturated heterocycles. The summed E-state index contributed by atoms with van der Waals surface area (Å²) >= 11 is 0.938. The third-order valence-corrected chi connectivity index (χ3v) is 11.2. The minimum absolute atomic E-state index is 0.0199. The number of rotatable bonds is 9. The third-order valence-electron chi connectivity index (χ3n) is 8.66. The molecule has 2 aliphatic rings. The molecule has 2 aromatic carbocycles. The second-order valence-electron chi connectivity index (χ2n) is 11.2. The van der Waals surface area contributed by atoms with Crippen LogP contribution in [0.1, 0.15) is 48.2 Å². The summed E-state index contributed by atoms with van der Waals surface area (Å²) in [5, 5.41) is 4.39. The number of hydrogen-bond acceptors (Lipinski definition) is 10. The number of likely N-dealkylation sites (tertiary alicyclic amines) is 1. The summed E-state index contributed by atoms with van der Waals surface area (Å²) in [7, 11) is 0.554. The maximum absolute atomic E-state index is 14.2.